The van der Waals surface area contributed by atoms with Crippen molar-refractivity contribution in [3.05, 3.63) is 96.6 Å². The van der Waals surface area contributed by atoms with Crippen LogP contribution in [0.2, 0.25) is 23.2 Å². The Hall–Kier alpha value is -2.11. The van der Waals surface area contributed by atoms with Crippen LogP contribution in [-0.4, -0.2) is 53.9 Å². The van der Waals surface area contributed by atoms with E-state index in [0.29, 0.717) is 19.1 Å². The summed E-state index contributed by atoms with van der Waals surface area (Å²) in [6.07, 6.45) is 4.17. The molecule has 1 aliphatic heterocycles. The minimum absolute atomic E-state index is 0.0150. The molecule has 268 valence electrons. The Kier molecular flexibility index (Phi) is 12.5. The molecule has 5 rings (SSSR count). The van der Waals surface area contributed by atoms with Crippen LogP contribution in [0.25, 0.3) is 0 Å². The van der Waals surface area contributed by atoms with E-state index in [1.165, 1.54) is 42.5 Å². The van der Waals surface area contributed by atoms with Crippen molar-refractivity contribution >= 4 is 27.0 Å². The minimum atomic E-state index is -2.97. The van der Waals surface area contributed by atoms with Gasteiger partial charge in [0.15, 0.2) is 14.6 Å². The van der Waals surface area contributed by atoms with E-state index in [2.05, 4.69) is 146 Å². The van der Waals surface area contributed by atoms with Gasteiger partial charge in [0.05, 0.1) is 25.4 Å². The number of ether oxygens (including phenoxy) is 3. The molecule has 2 fully saturated rings. The summed E-state index contributed by atoms with van der Waals surface area (Å²) in [5, 5.41) is 2.26. The van der Waals surface area contributed by atoms with Gasteiger partial charge in [-0.15, -0.1) is 0 Å². The Morgan fingerprint density at radius 3 is 1.67 bits per heavy atom. The fraction of sp³-hybridized carbons (Fsp3) is 0.571. The molecule has 0 spiro atoms. The van der Waals surface area contributed by atoms with Crippen molar-refractivity contribution in [1.29, 1.82) is 0 Å². The molecule has 2 aliphatic rings. The van der Waals surface area contributed by atoms with E-state index >= 15 is 0 Å². The van der Waals surface area contributed by atoms with Crippen LogP contribution >= 0.6 is 0 Å². The molecule has 0 amide bonds. The van der Waals surface area contributed by atoms with Gasteiger partial charge in [-0.05, 0) is 64.8 Å². The summed E-state index contributed by atoms with van der Waals surface area (Å²) in [5.74, 6) is 0.549. The lowest BCUT2D eigenvalue weighted by Crippen LogP contribution is -2.72. The standard InChI is InChI=1S/C42H62O5Si2/c1-32-37(47-49(42(5,6)7,35-26-18-12-19-27-35)36-28-20-13-21-29-36)38(46-48(8,9)41(2,3)4)39(43-30-33-22-14-10-15-23-33)40(45-32)44-31-34-24-16-11-17-25-34/h10,12-15,18-23,26-29,32,34,37-40H,11,16-17,24-25,30-31H2,1-9H3/t32-,37-,38+,39+,40+/m0/s1. The third kappa shape index (κ3) is 8.86. The van der Waals surface area contributed by atoms with Crippen LogP contribution in [0, 0.1) is 5.92 Å². The quantitative estimate of drug-likeness (QED) is 0.176. The molecule has 5 nitrogen and oxygen atoms in total. The number of hydrogen-bond acceptors (Lipinski definition) is 5. The van der Waals surface area contributed by atoms with Crippen LogP contribution in [0.5, 0.6) is 0 Å². The van der Waals surface area contributed by atoms with Gasteiger partial charge in [0, 0.05) is 0 Å². The van der Waals surface area contributed by atoms with E-state index in [9.17, 15) is 0 Å². The van der Waals surface area contributed by atoms with E-state index < -0.39 is 41.2 Å². The number of benzene rings is 3. The van der Waals surface area contributed by atoms with E-state index in [1.54, 1.807) is 0 Å². The van der Waals surface area contributed by atoms with Gasteiger partial charge in [0.2, 0.25) is 0 Å². The Morgan fingerprint density at radius 1 is 0.633 bits per heavy atom. The maximum atomic E-state index is 7.90. The molecule has 0 radical (unpaired) electrons. The third-order valence-corrected chi connectivity index (χ3v) is 20.7. The summed E-state index contributed by atoms with van der Waals surface area (Å²) in [5.41, 5.74) is 1.11. The first-order valence-electron chi connectivity index (χ1n) is 18.6. The Morgan fingerprint density at radius 2 is 1.16 bits per heavy atom. The third-order valence-electron chi connectivity index (χ3n) is 11.2. The first-order chi connectivity index (χ1) is 23.2. The number of rotatable bonds is 12. The zero-order valence-electron chi connectivity index (χ0n) is 31.6. The summed E-state index contributed by atoms with van der Waals surface area (Å²) in [6.45, 7) is 21.8. The lowest BCUT2D eigenvalue weighted by molar-refractivity contribution is -0.302. The maximum absolute atomic E-state index is 7.90. The zero-order chi connectivity index (χ0) is 35.3. The minimum Gasteiger partial charge on any atom is -0.408 e. The molecular weight excluding hydrogens is 641 g/mol. The maximum Gasteiger partial charge on any atom is 0.261 e. The van der Waals surface area contributed by atoms with Gasteiger partial charge in [-0.25, -0.2) is 0 Å². The van der Waals surface area contributed by atoms with Gasteiger partial charge >= 0.3 is 0 Å². The predicted molar refractivity (Wildman–Crippen MR) is 206 cm³/mol. The molecule has 5 atom stereocenters. The molecule has 3 aromatic rings. The molecular formula is C42H62O5Si2. The van der Waals surface area contributed by atoms with Gasteiger partial charge in [0.25, 0.3) is 8.32 Å². The second-order valence-electron chi connectivity index (χ2n) is 16.9. The van der Waals surface area contributed by atoms with Crippen molar-refractivity contribution in [3.8, 4) is 0 Å². The average Bonchev–Trinajstić information content (AvgIpc) is 3.07. The Labute approximate surface area is 299 Å². The first kappa shape index (κ1) is 38.1. The molecule has 0 N–H and O–H groups in total. The van der Waals surface area contributed by atoms with Crippen molar-refractivity contribution in [2.75, 3.05) is 6.61 Å². The first-order valence-corrected chi connectivity index (χ1v) is 23.4. The molecule has 3 aromatic carbocycles. The van der Waals surface area contributed by atoms with Gasteiger partial charge in [-0.2, -0.15) is 0 Å². The van der Waals surface area contributed by atoms with Crippen molar-refractivity contribution in [2.45, 2.75) is 141 Å². The molecule has 0 aromatic heterocycles. The summed E-state index contributed by atoms with van der Waals surface area (Å²) in [7, 11) is -5.30. The Bertz CT molecular complexity index is 1370. The zero-order valence-corrected chi connectivity index (χ0v) is 33.6. The van der Waals surface area contributed by atoms with Crippen LogP contribution in [-0.2, 0) is 29.7 Å². The van der Waals surface area contributed by atoms with Gasteiger partial charge in [-0.1, -0.05) is 152 Å². The smallest absolute Gasteiger partial charge is 0.261 e. The van der Waals surface area contributed by atoms with Gasteiger partial charge in [0.1, 0.15) is 12.2 Å². The van der Waals surface area contributed by atoms with Crippen molar-refractivity contribution in [2.24, 2.45) is 5.92 Å². The van der Waals surface area contributed by atoms with E-state index in [1.807, 2.05) is 6.07 Å². The monoisotopic (exact) mass is 702 g/mol. The molecule has 0 bridgehead atoms. The van der Waals surface area contributed by atoms with E-state index in [-0.39, 0.29) is 16.2 Å². The molecule has 1 aliphatic carbocycles. The number of hydrogen-bond donors (Lipinski definition) is 0. The fourth-order valence-electron chi connectivity index (χ4n) is 7.34. The van der Waals surface area contributed by atoms with Gasteiger partial charge < -0.3 is 23.1 Å². The summed E-state index contributed by atoms with van der Waals surface area (Å²) < 4.78 is 36.1. The average molecular weight is 703 g/mol. The Balaban J connectivity index is 1.61. The molecule has 1 saturated heterocycles. The second-order valence-corrected chi connectivity index (χ2v) is 25.9. The van der Waals surface area contributed by atoms with E-state index in [0.717, 1.165) is 5.56 Å². The molecule has 1 heterocycles. The van der Waals surface area contributed by atoms with Gasteiger partial charge in [-0.3, -0.25) is 0 Å². The van der Waals surface area contributed by atoms with Crippen LogP contribution in [0.1, 0.15) is 86.1 Å². The summed E-state index contributed by atoms with van der Waals surface area (Å²) in [4.78, 5) is 0. The van der Waals surface area contributed by atoms with Crippen LogP contribution in [0.4, 0.5) is 0 Å². The second kappa shape index (κ2) is 16.1. The van der Waals surface area contributed by atoms with Crippen LogP contribution in [0.15, 0.2) is 91.0 Å². The highest BCUT2D eigenvalue weighted by atomic mass is 28.4. The topological polar surface area (TPSA) is 46.2 Å². The SMILES string of the molecule is C[C@@H]1O[C@@H](OCC2CCCCC2)[C@H](OCc2ccccc2)[C@H](O[Si](C)(C)C(C)(C)C)[C@H]1O[Si](c1ccccc1)(c1ccccc1)C(C)(C)C. The molecule has 7 heteroatoms. The highest BCUT2D eigenvalue weighted by Gasteiger charge is 2.57. The van der Waals surface area contributed by atoms with Crippen LogP contribution < -0.4 is 10.4 Å². The lowest BCUT2D eigenvalue weighted by Gasteiger charge is -2.53. The molecule has 1 saturated carbocycles. The van der Waals surface area contributed by atoms with Crippen molar-refractivity contribution in [3.63, 3.8) is 0 Å². The van der Waals surface area contributed by atoms with Crippen molar-refractivity contribution < 1.29 is 23.1 Å². The molecule has 49 heavy (non-hydrogen) atoms. The highest BCUT2D eigenvalue weighted by molar-refractivity contribution is 6.99. The molecule has 0 unspecified atom stereocenters. The van der Waals surface area contributed by atoms with Crippen molar-refractivity contribution in [1.82, 2.24) is 0 Å². The largest absolute Gasteiger partial charge is 0.408 e. The normalized spacial score (nSPS) is 24.6. The highest BCUT2D eigenvalue weighted by Crippen LogP contribution is 2.44. The predicted octanol–water partition coefficient (Wildman–Crippen LogP) is 9.25. The summed E-state index contributed by atoms with van der Waals surface area (Å²) >= 11 is 0. The summed E-state index contributed by atoms with van der Waals surface area (Å²) in [6, 6.07) is 32.1. The fourth-order valence-corrected chi connectivity index (χ4v) is 13.4. The van der Waals surface area contributed by atoms with E-state index in [4.69, 9.17) is 23.1 Å². The van der Waals surface area contributed by atoms with Crippen LogP contribution in [0.3, 0.4) is 0 Å². The lowest BCUT2D eigenvalue weighted by atomic mass is 9.90.